The number of carbonyl (C=O) groups excluding carboxylic acids is 1. The van der Waals surface area contributed by atoms with E-state index in [-0.39, 0.29) is 17.9 Å². The lowest BCUT2D eigenvalue weighted by molar-refractivity contribution is -0.133. The number of aliphatic hydroxyl groups excluding tert-OH is 1. The molecule has 0 saturated carbocycles. The number of ether oxygens (including phenoxy) is 2. The zero-order valence-electron chi connectivity index (χ0n) is 16.3. The van der Waals surface area contributed by atoms with E-state index in [0.29, 0.717) is 12.8 Å². The Bertz CT molecular complexity index is 596. The van der Waals surface area contributed by atoms with Gasteiger partial charge in [-0.25, -0.2) is 0 Å². The van der Waals surface area contributed by atoms with Gasteiger partial charge in [-0.1, -0.05) is 18.2 Å². The second kappa shape index (κ2) is 10.1. The van der Waals surface area contributed by atoms with E-state index in [1.165, 1.54) is 0 Å². The van der Waals surface area contributed by atoms with Crippen LogP contribution < -0.4 is 4.74 Å². The molecule has 0 aromatic heterocycles. The maximum atomic E-state index is 12.6. The van der Waals surface area contributed by atoms with Crippen LogP contribution in [0.4, 0.5) is 0 Å². The minimum atomic E-state index is -0.311. The lowest BCUT2D eigenvalue weighted by Crippen LogP contribution is -2.46. The second-order valence-corrected chi connectivity index (χ2v) is 7.51. The van der Waals surface area contributed by atoms with Crippen molar-refractivity contribution in [2.45, 2.75) is 31.8 Å². The van der Waals surface area contributed by atoms with Gasteiger partial charge in [-0.15, -0.1) is 0 Å². The van der Waals surface area contributed by atoms with E-state index >= 15 is 0 Å². The Morgan fingerprint density at radius 3 is 2.63 bits per heavy atom. The van der Waals surface area contributed by atoms with Crippen LogP contribution in [0.5, 0.6) is 5.75 Å². The van der Waals surface area contributed by atoms with Gasteiger partial charge in [0, 0.05) is 39.1 Å². The summed E-state index contributed by atoms with van der Waals surface area (Å²) in [5.41, 5.74) is 1.07. The van der Waals surface area contributed by atoms with Crippen LogP contribution >= 0.6 is 0 Å². The Morgan fingerprint density at radius 1 is 1.22 bits per heavy atom. The molecular formula is C21H32N2O4. The SMILES string of the molecule is COc1ccccc1CCC(=O)N1CCC(C(O)CN2CCOCC2)CC1. The molecule has 1 atom stereocenters. The van der Waals surface area contributed by atoms with Crippen molar-refractivity contribution in [2.24, 2.45) is 5.92 Å². The first-order valence-corrected chi connectivity index (χ1v) is 10.0. The number of aliphatic hydroxyl groups is 1. The lowest BCUT2D eigenvalue weighted by atomic mass is 9.90. The van der Waals surface area contributed by atoms with Crippen molar-refractivity contribution in [3.8, 4) is 5.75 Å². The van der Waals surface area contributed by atoms with Crippen molar-refractivity contribution < 1.29 is 19.4 Å². The molecule has 2 fully saturated rings. The highest BCUT2D eigenvalue weighted by atomic mass is 16.5. The molecular weight excluding hydrogens is 344 g/mol. The number of likely N-dealkylation sites (tertiary alicyclic amines) is 1. The van der Waals surface area contributed by atoms with E-state index in [1.54, 1.807) is 7.11 Å². The molecule has 2 saturated heterocycles. The minimum Gasteiger partial charge on any atom is -0.496 e. The molecule has 150 valence electrons. The van der Waals surface area contributed by atoms with Crippen LogP contribution in [0.25, 0.3) is 0 Å². The van der Waals surface area contributed by atoms with Gasteiger partial charge < -0.3 is 19.5 Å². The molecule has 27 heavy (non-hydrogen) atoms. The van der Waals surface area contributed by atoms with Gasteiger partial charge in [-0.05, 0) is 36.8 Å². The largest absolute Gasteiger partial charge is 0.496 e. The summed E-state index contributed by atoms with van der Waals surface area (Å²) in [7, 11) is 1.66. The predicted molar refractivity (Wildman–Crippen MR) is 104 cm³/mol. The number of methoxy groups -OCH3 is 1. The standard InChI is InChI=1S/C21H32N2O4/c1-26-20-5-3-2-4-18(20)6-7-21(25)23-10-8-17(9-11-23)19(24)16-22-12-14-27-15-13-22/h2-5,17,19,24H,6-16H2,1H3. The number of hydrogen-bond acceptors (Lipinski definition) is 5. The second-order valence-electron chi connectivity index (χ2n) is 7.51. The van der Waals surface area contributed by atoms with E-state index in [4.69, 9.17) is 9.47 Å². The van der Waals surface area contributed by atoms with E-state index < -0.39 is 0 Å². The van der Waals surface area contributed by atoms with E-state index in [2.05, 4.69) is 4.90 Å². The van der Waals surface area contributed by atoms with Gasteiger partial charge in [0.15, 0.2) is 0 Å². The van der Waals surface area contributed by atoms with Crippen molar-refractivity contribution >= 4 is 5.91 Å². The maximum Gasteiger partial charge on any atom is 0.222 e. The first kappa shape index (κ1) is 20.1. The number of amides is 1. The van der Waals surface area contributed by atoms with E-state index in [1.807, 2.05) is 29.2 Å². The summed E-state index contributed by atoms with van der Waals surface area (Å²) in [6, 6.07) is 7.86. The van der Waals surface area contributed by atoms with Crippen LogP contribution in [0.1, 0.15) is 24.8 Å². The summed E-state index contributed by atoms with van der Waals surface area (Å²) in [6.07, 6.45) is 2.65. The average molecular weight is 376 g/mol. The molecule has 2 heterocycles. The molecule has 0 bridgehead atoms. The van der Waals surface area contributed by atoms with Crippen LogP contribution in [0.2, 0.25) is 0 Å². The fourth-order valence-corrected chi connectivity index (χ4v) is 4.04. The monoisotopic (exact) mass is 376 g/mol. The van der Waals surface area contributed by atoms with Crippen LogP contribution in [0.15, 0.2) is 24.3 Å². The number of piperidine rings is 1. The van der Waals surface area contributed by atoms with Gasteiger partial charge in [0.25, 0.3) is 0 Å². The van der Waals surface area contributed by atoms with Gasteiger partial charge in [-0.3, -0.25) is 9.69 Å². The van der Waals surface area contributed by atoms with Crippen LogP contribution in [0.3, 0.4) is 0 Å². The molecule has 1 amide bonds. The number of hydrogen-bond donors (Lipinski definition) is 1. The number of rotatable bonds is 7. The maximum absolute atomic E-state index is 12.6. The van der Waals surface area contributed by atoms with Crippen LogP contribution in [0, 0.1) is 5.92 Å². The number of aryl methyl sites for hydroxylation is 1. The van der Waals surface area contributed by atoms with Crippen LogP contribution in [-0.4, -0.2) is 80.0 Å². The lowest BCUT2D eigenvalue weighted by Gasteiger charge is -2.36. The third-order valence-corrected chi connectivity index (χ3v) is 5.79. The first-order chi connectivity index (χ1) is 13.2. The minimum absolute atomic E-state index is 0.196. The van der Waals surface area contributed by atoms with Crippen molar-refractivity contribution in [3.05, 3.63) is 29.8 Å². The molecule has 1 aromatic carbocycles. The summed E-state index contributed by atoms with van der Waals surface area (Å²) in [4.78, 5) is 16.8. The number of carbonyl (C=O) groups is 1. The van der Waals surface area contributed by atoms with Gasteiger partial charge >= 0.3 is 0 Å². The predicted octanol–water partition coefficient (Wildman–Crippen LogP) is 1.56. The Kier molecular flexibility index (Phi) is 7.50. The molecule has 1 unspecified atom stereocenters. The third-order valence-electron chi connectivity index (χ3n) is 5.79. The molecule has 0 spiro atoms. The molecule has 0 radical (unpaired) electrons. The molecule has 3 rings (SSSR count). The fraction of sp³-hybridized carbons (Fsp3) is 0.667. The van der Waals surface area contributed by atoms with Gasteiger partial charge in [-0.2, -0.15) is 0 Å². The topological polar surface area (TPSA) is 62.2 Å². The summed E-state index contributed by atoms with van der Waals surface area (Å²) in [5, 5.41) is 10.6. The number of β-amino-alcohol motifs (C(OH)–C–C–N with tert-alkyl or cyclic N) is 1. The highest BCUT2D eigenvalue weighted by Crippen LogP contribution is 2.23. The molecule has 2 aliphatic rings. The molecule has 2 aliphatic heterocycles. The Labute approximate surface area is 162 Å². The van der Waals surface area contributed by atoms with Crippen LogP contribution in [-0.2, 0) is 16.0 Å². The summed E-state index contributed by atoms with van der Waals surface area (Å²) in [5.74, 6) is 1.32. The number of benzene rings is 1. The highest BCUT2D eigenvalue weighted by molar-refractivity contribution is 5.76. The molecule has 6 nitrogen and oxygen atoms in total. The number of morpholine rings is 1. The molecule has 1 aromatic rings. The summed E-state index contributed by atoms with van der Waals surface area (Å²) in [6.45, 7) is 5.52. The van der Waals surface area contributed by atoms with Gasteiger partial charge in [0.2, 0.25) is 5.91 Å². The van der Waals surface area contributed by atoms with Crippen molar-refractivity contribution in [1.29, 1.82) is 0 Å². The third kappa shape index (κ3) is 5.67. The molecule has 1 N–H and O–H groups in total. The smallest absolute Gasteiger partial charge is 0.222 e. The quantitative estimate of drug-likeness (QED) is 0.783. The zero-order chi connectivity index (χ0) is 19.1. The number of para-hydroxylation sites is 1. The normalized spacial score (nSPS) is 20.4. The Hall–Kier alpha value is -1.63. The number of nitrogens with zero attached hydrogens (tertiary/aromatic N) is 2. The summed E-state index contributed by atoms with van der Waals surface area (Å²) >= 11 is 0. The molecule has 6 heteroatoms. The highest BCUT2D eigenvalue weighted by Gasteiger charge is 2.28. The van der Waals surface area contributed by atoms with E-state index in [9.17, 15) is 9.90 Å². The first-order valence-electron chi connectivity index (χ1n) is 10.0. The van der Waals surface area contributed by atoms with Crippen molar-refractivity contribution in [1.82, 2.24) is 9.80 Å². The molecule has 0 aliphatic carbocycles. The Morgan fingerprint density at radius 2 is 1.93 bits per heavy atom. The van der Waals surface area contributed by atoms with Crippen molar-refractivity contribution in [2.75, 3.05) is 53.0 Å². The summed E-state index contributed by atoms with van der Waals surface area (Å²) < 4.78 is 10.7. The van der Waals surface area contributed by atoms with E-state index in [0.717, 1.165) is 70.1 Å². The zero-order valence-corrected chi connectivity index (χ0v) is 16.3. The van der Waals surface area contributed by atoms with Gasteiger partial charge in [0.05, 0.1) is 26.4 Å². The van der Waals surface area contributed by atoms with Crippen molar-refractivity contribution in [3.63, 3.8) is 0 Å². The van der Waals surface area contributed by atoms with Gasteiger partial charge in [0.1, 0.15) is 5.75 Å². The Balaban J connectivity index is 1.41. The fourth-order valence-electron chi connectivity index (χ4n) is 4.04. The average Bonchev–Trinajstić information content (AvgIpc) is 2.73.